The molecule has 1 heterocycles. The van der Waals surface area contributed by atoms with Crippen LogP contribution in [-0.4, -0.2) is 43.3 Å². The van der Waals surface area contributed by atoms with E-state index < -0.39 is 5.97 Å². The fraction of sp³-hybridized carbons (Fsp3) is 0.632. The molecule has 134 valence electrons. The lowest BCUT2D eigenvalue weighted by Gasteiger charge is -2.38. The van der Waals surface area contributed by atoms with Gasteiger partial charge in [-0.3, -0.25) is 9.69 Å². The Morgan fingerprint density at radius 2 is 2.17 bits per heavy atom. The minimum absolute atomic E-state index is 0.164. The van der Waals surface area contributed by atoms with Crippen molar-refractivity contribution < 1.29 is 19.4 Å². The molecule has 0 amide bonds. The lowest BCUT2D eigenvalue weighted by Crippen LogP contribution is -2.41. The summed E-state index contributed by atoms with van der Waals surface area (Å²) < 4.78 is 11.0. The number of carboxylic acids is 1. The first-order valence-electron chi connectivity index (χ1n) is 8.79. The number of rotatable bonds is 8. The van der Waals surface area contributed by atoms with Gasteiger partial charge in [0.15, 0.2) is 0 Å². The highest BCUT2D eigenvalue weighted by Crippen LogP contribution is 2.37. The number of hydrogen-bond donors (Lipinski definition) is 1. The maximum atomic E-state index is 11.4. The van der Waals surface area contributed by atoms with Gasteiger partial charge >= 0.3 is 5.97 Å². The van der Waals surface area contributed by atoms with E-state index in [1.807, 2.05) is 18.2 Å². The molecule has 1 aromatic rings. The number of carbonyl (C=O) groups is 1. The Labute approximate surface area is 144 Å². The summed E-state index contributed by atoms with van der Waals surface area (Å²) in [6, 6.07) is 6.03. The van der Waals surface area contributed by atoms with Crippen molar-refractivity contribution in [3.05, 3.63) is 23.8 Å². The van der Waals surface area contributed by atoms with E-state index in [4.69, 9.17) is 9.47 Å². The van der Waals surface area contributed by atoms with Gasteiger partial charge in [0.2, 0.25) is 0 Å². The van der Waals surface area contributed by atoms with Gasteiger partial charge in [0.25, 0.3) is 0 Å². The number of ether oxygens (including phenoxy) is 2. The molecule has 1 saturated heterocycles. The van der Waals surface area contributed by atoms with E-state index in [0.29, 0.717) is 6.54 Å². The Balaban J connectivity index is 2.32. The van der Waals surface area contributed by atoms with E-state index in [9.17, 15) is 9.90 Å². The Kier molecular flexibility index (Phi) is 6.91. The minimum atomic E-state index is -0.688. The number of unbranched alkanes of at least 4 members (excludes halogenated alkanes) is 1. The molecule has 24 heavy (non-hydrogen) atoms. The monoisotopic (exact) mass is 335 g/mol. The van der Waals surface area contributed by atoms with Crippen molar-refractivity contribution in [3.8, 4) is 11.5 Å². The molecule has 0 radical (unpaired) electrons. The number of hydrogen-bond acceptors (Lipinski definition) is 4. The highest BCUT2D eigenvalue weighted by Gasteiger charge is 2.31. The highest BCUT2D eigenvalue weighted by molar-refractivity contribution is 5.70. The molecule has 1 aliphatic rings. The van der Waals surface area contributed by atoms with Crippen molar-refractivity contribution in [1.29, 1.82) is 0 Å². The molecule has 0 saturated carbocycles. The van der Waals surface area contributed by atoms with Gasteiger partial charge in [0.1, 0.15) is 11.5 Å². The molecule has 0 aromatic heterocycles. The normalized spacial score (nSPS) is 19.7. The summed E-state index contributed by atoms with van der Waals surface area (Å²) in [7, 11) is 3.34. The number of nitrogens with zero attached hydrogens (tertiary/aromatic N) is 1. The summed E-state index contributed by atoms with van der Waals surface area (Å²) >= 11 is 0. The van der Waals surface area contributed by atoms with Crippen LogP contribution in [0.25, 0.3) is 0 Å². The van der Waals surface area contributed by atoms with Crippen molar-refractivity contribution in [3.63, 3.8) is 0 Å². The fourth-order valence-corrected chi connectivity index (χ4v) is 3.52. The highest BCUT2D eigenvalue weighted by atomic mass is 16.5. The molecule has 0 aliphatic carbocycles. The molecule has 5 heteroatoms. The van der Waals surface area contributed by atoms with Gasteiger partial charge in [-0.2, -0.15) is 0 Å². The first-order valence-corrected chi connectivity index (χ1v) is 8.79. The third-order valence-corrected chi connectivity index (χ3v) is 4.87. The van der Waals surface area contributed by atoms with E-state index in [2.05, 4.69) is 11.8 Å². The van der Waals surface area contributed by atoms with Crippen LogP contribution in [0.5, 0.6) is 11.5 Å². The summed E-state index contributed by atoms with van der Waals surface area (Å²) in [5, 5.41) is 9.40. The molecular formula is C19H29NO4. The second kappa shape index (κ2) is 8.92. The van der Waals surface area contributed by atoms with E-state index in [-0.39, 0.29) is 12.0 Å². The number of benzene rings is 1. The third kappa shape index (κ3) is 4.41. The lowest BCUT2D eigenvalue weighted by atomic mass is 9.92. The van der Waals surface area contributed by atoms with Crippen molar-refractivity contribution >= 4 is 5.97 Å². The quantitative estimate of drug-likeness (QED) is 0.784. The molecular weight excluding hydrogens is 306 g/mol. The van der Waals surface area contributed by atoms with E-state index in [0.717, 1.165) is 55.7 Å². The average Bonchev–Trinajstić information content (AvgIpc) is 2.62. The molecule has 2 atom stereocenters. The molecule has 1 N–H and O–H groups in total. The molecule has 2 rings (SSSR count). The second-order valence-corrected chi connectivity index (χ2v) is 6.44. The first-order chi connectivity index (χ1) is 11.6. The van der Waals surface area contributed by atoms with Gasteiger partial charge in [-0.25, -0.2) is 0 Å². The molecule has 0 bridgehead atoms. The topological polar surface area (TPSA) is 59.0 Å². The van der Waals surface area contributed by atoms with Gasteiger partial charge < -0.3 is 14.6 Å². The zero-order valence-corrected chi connectivity index (χ0v) is 15.0. The molecule has 0 spiro atoms. The molecule has 1 aromatic carbocycles. The largest absolute Gasteiger partial charge is 0.497 e. The van der Waals surface area contributed by atoms with Crippen molar-refractivity contribution in [1.82, 2.24) is 4.90 Å². The van der Waals surface area contributed by atoms with Gasteiger partial charge in [-0.05, 0) is 44.0 Å². The predicted molar refractivity (Wildman–Crippen MR) is 93.7 cm³/mol. The SMILES string of the molecule is CCCCC(c1cc(OC)ccc1OC)N1CCCC(C(=O)O)C1. The van der Waals surface area contributed by atoms with Crippen LogP contribution >= 0.6 is 0 Å². The van der Waals surface area contributed by atoms with Crippen LogP contribution in [0.2, 0.25) is 0 Å². The van der Waals surface area contributed by atoms with E-state index in [1.54, 1.807) is 14.2 Å². The standard InChI is InChI=1S/C19H29NO4/c1-4-5-8-17(20-11-6-7-14(13-20)19(21)22)16-12-15(23-2)9-10-18(16)24-3/h9-10,12,14,17H,4-8,11,13H2,1-3H3,(H,21,22). The molecule has 5 nitrogen and oxygen atoms in total. The Bertz CT molecular complexity index is 546. The summed E-state index contributed by atoms with van der Waals surface area (Å²) in [5.41, 5.74) is 1.09. The number of likely N-dealkylation sites (tertiary alicyclic amines) is 1. The van der Waals surface area contributed by atoms with Crippen LogP contribution in [0.1, 0.15) is 50.6 Å². The van der Waals surface area contributed by atoms with Gasteiger partial charge in [0.05, 0.1) is 20.1 Å². The maximum Gasteiger partial charge on any atom is 0.307 e. The maximum absolute atomic E-state index is 11.4. The van der Waals surface area contributed by atoms with Crippen LogP contribution in [0.3, 0.4) is 0 Å². The summed E-state index contributed by atoms with van der Waals surface area (Å²) in [6.45, 7) is 3.71. The van der Waals surface area contributed by atoms with Crippen molar-refractivity contribution in [2.45, 2.75) is 45.1 Å². The first kappa shape index (κ1) is 18.6. The smallest absolute Gasteiger partial charge is 0.307 e. The van der Waals surface area contributed by atoms with Crippen LogP contribution in [-0.2, 0) is 4.79 Å². The van der Waals surface area contributed by atoms with Crippen LogP contribution in [0, 0.1) is 5.92 Å². The van der Waals surface area contributed by atoms with Crippen LogP contribution in [0.15, 0.2) is 18.2 Å². The van der Waals surface area contributed by atoms with Crippen molar-refractivity contribution in [2.75, 3.05) is 27.3 Å². The number of methoxy groups -OCH3 is 2. The van der Waals surface area contributed by atoms with Gasteiger partial charge in [-0.1, -0.05) is 19.8 Å². The third-order valence-electron chi connectivity index (χ3n) is 4.87. The zero-order chi connectivity index (χ0) is 17.5. The Morgan fingerprint density at radius 1 is 1.38 bits per heavy atom. The number of piperidine rings is 1. The summed E-state index contributed by atoms with van der Waals surface area (Å²) in [4.78, 5) is 13.7. The summed E-state index contributed by atoms with van der Waals surface area (Å²) in [5.74, 6) is 0.680. The van der Waals surface area contributed by atoms with Crippen LogP contribution < -0.4 is 9.47 Å². The Hall–Kier alpha value is -1.75. The fourth-order valence-electron chi connectivity index (χ4n) is 3.52. The summed E-state index contributed by atoms with van der Waals surface area (Å²) in [6.07, 6.45) is 4.89. The minimum Gasteiger partial charge on any atom is -0.497 e. The predicted octanol–water partition coefficient (Wildman–Crippen LogP) is 3.73. The van der Waals surface area contributed by atoms with E-state index >= 15 is 0 Å². The van der Waals surface area contributed by atoms with Gasteiger partial charge in [-0.15, -0.1) is 0 Å². The van der Waals surface area contributed by atoms with E-state index in [1.165, 1.54) is 0 Å². The second-order valence-electron chi connectivity index (χ2n) is 6.44. The molecule has 2 unspecified atom stereocenters. The van der Waals surface area contributed by atoms with Gasteiger partial charge in [0, 0.05) is 18.2 Å². The average molecular weight is 335 g/mol. The van der Waals surface area contributed by atoms with Crippen molar-refractivity contribution in [2.24, 2.45) is 5.92 Å². The molecule has 1 aliphatic heterocycles. The molecule has 1 fully saturated rings. The number of aliphatic carboxylic acids is 1. The number of carboxylic acid groups (broad SMARTS) is 1. The Morgan fingerprint density at radius 3 is 2.79 bits per heavy atom. The lowest BCUT2D eigenvalue weighted by molar-refractivity contribution is -0.144. The zero-order valence-electron chi connectivity index (χ0n) is 15.0. The van der Waals surface area contributed by atoms with Crippen LogP contribution in [0.4, 0.5) is 0 Å².